The van der Waals surface area contributed by atoms with E-state index in [1.54, 1.807) is 0 Å². The van der Waals surface area contributed by atoms with Crippen LogP contribution in [0.1, 0.15) is 5.69 Å². The Bertz CT molecular complexity index is 592. The van der Waals surface area contributed by atoms with E-state index in [0.717, 1.165) is 12.1 Å². The molecule has 0 radical (unpaired) electrons. The van der Waals surface area contributed by atoms with Crippen LogP contribution in [0.5, 0.6) is 0 Å². The predicted molar refractivity (Wildman–Crippen MR) is 56.4 cm³/mol. The highest BCUT2D eigenvalue weighted by molar-refractivity contribution is 5.53. The molecule has 17 heavy (non-hydrogen) atoms. The molecule has 1 aromatic carbocycles. The average Bonchev–Trinajstić information content (AvgIpc) is 2.34. The van der Waals surface area contributed by atoms with Crippen LogP contribution in [0.25, 0.3) is 0 Å². The van der Waals surface area contributed by atoms with Gasteiger partial charge in [-0.1, -0.05) is 0 Å². The van der Waals surface area contributed by atoms with E-state index in [-0.39, 0.29) is 11.6 Å². The van der Waals surface area contributed by atoms with Crippen molar-refractivity contribution in [2.24, 2.45) is 0 Å². The smallest absolute Gasteiger partial charge is 0.228 e. The Morgan fingerprint density at radius 2 is 2.00 bits per heavy atom. The maximum Gasteiger partial charge on any atom is 0.228 e. The summed E-state index contributed by atoms with van der Waals surface area (Å²) >= 11 is 0. The molecule has 1 N–H and O–H groups in total. The van der Waals surface area contributed by atoms with Crippen LogP contribution >= 0.6 is 0 Å². The van der Waals surface area contributed by atoms with Gasteiger partial charge in [0.05, 0.1) is 0 Å². The largest absolute Gasteiger partial charge is 0.324 e. The molecule has 0 unspecified atom stereocenters. The van der Waals surface area contributed by atoms with E-state index in [0.29, 0.717) is 5.69 Å². The monoisotopic (exact) mass is 232 g/mol. The van der Waals surface area contributed by atoms with Crippen LogP contribution in [0.3, 0.4) is 0 Å². The lowest BCUT2D eigenvalue weighted by Gasteiger charge is -2.04. The molecule has 1 aromatic heterocycles. The van der Waals surface area contributed by atoms with Crippen LogP contribution in [0, 0.1) is 23.0 Å². The number of nitrogens with one attached hydrogen (secondary N) is 1. The van der Waals surface area contributed by atoms with Crippen molar-refractivity contribution in [2.45, 2.75) is 0 Å². The first kappa shape index (κ1) is 11.0. The van der Waals surface area contributed by atoms with Gasteiger partial charge in [-0.25, -0.2) is 18.7 Å². The number of aromatic nitrogens is 2. The maximum absolute atomic E-state index is 12.9. The first-order valence-electron chi connectivity index (χ1n) is 4.64. The zero-order chi connectivity index (χ0) is 12.3. The molecule has 0 aliphatic carbocycles. The molecule has 4 nitrogen and oxygen atoms in total. The van der Waals surface area contributed by atoms with Crippen molar-refractivity contribution in [1.29, 1.82) is 5.26 Å². The van der Waals surface area contributed by atoms with E-state index in [1.165, 1.54) is 18.3 Å². The summed E-state index contributed by atoms with van der Waals surface area (Å²) in [5, 5.41) is 11.3. The Morgan fingerprint density at radius 3 is 2.71 bits per heavy atom. The maximum atomic E-state index is 12.9. The zero-order valence-corrected chi connectivity index (χ0v) is 8.48. The molecule has 2 rings (SSSR count). The molecule has 2 aromatic rings. The van der Waals surface area contributed by atoms with Gasteiger partial charge in [-0.15, -0.1) is 0 Å². The standard InChI is InChI=1S/C11H6F2N4/c12-9-2-1-7(5-10(9)13)16-11-15-4-3-8(6-14)17-11/h1-5H,(H,15,16,17). The van der Waals surface area contributed by atoms with Gasteiger partial charge in [0, 0.05) is 18.0 Å². The predicted octanol–water partition coefficient (Wildman–Crippen LogP) is 2.37. The van der Waals surface area contributed by atoms with Gasteiger partial charge in [0.25, 0.3) is 0 Å². The minimum atomic E-state index is -0.966. The van der Waals surface area contributed by atoms with Crippen molar-refractivity contribution in [1.82, 2.24) is 9.97 Å². The second-order valence-corrected chi connectivity index (χ2v) is 3.13. The molecular weight excluding hydrogens is 226 g/mol. The fourth-order valence-electron chi connectivity index (χ4n) is 1.18. The van der Waals surface area contributed by atoms with E-state index in [1.807, 2.05) is 6.07 Å². The molecule has 0 saturated heterocycles. The van der Waals surface area contributed by atoms with Gasteiger partial charge in [0.2, 0.25) is 5.95 Å². The number of nitriles is 1. The van der Waals surface area contributed by atoms with Crippen LogP contribution in [0.4, 0.5) is 20.4 Å². The van der Waals surface area contributed by atoms with Gasteiger partial charge in [-0.05, 0) is 18.2 Å². The van der Waals surface area contributed by atoms with E-state index in [2.05, 4.69) is 15.3 Å². The third-order valence-electron chi connectivity index (χ3n) is 1.95. The molecule has 0 saturated carbocycles. The Balaban J connectivity index is 2.25. The molecular formula is C11H6F2N4. The van der Waals surface area contributed by atoms with Gasteiger partial charge in [-0.2, -0.15) is 5.26 Å². The lowest BCUT2D eigenvalue weighted by Crippen LogP contribution is -1.98. The van der Waals surface area contributed by atoms with Crippen molar-refractivity contribution in [2.75, 3.05) is 5.32 Å². The molecule has 0 fully saturated rings. The quantitative estimate of drug-likeness (QED) is 0.863. The normalized spacial score (nSPS) is 9.71. The van der Waals surface area contributed by atoms with E-state index < -0.39 is 11.6 Å². The summed E-state index contributed by atoms with van der Waals surface area (Å²) in [6.45, 7) is 0. The number of benzene rings is 1. The Labute approximate surface area is 95.6 Å². The van der Waals surface area contributed by atoms with Crippen molar-refractivity contribution in [3.8, 4) is 6.07 Å². The van der Waals surface area contributed by atoms with Crippen molar-refractivity contribution < 1.29 is 8.78 Å². The molecule has 0 bridgehead atoms. The second-order valence-electron chi connectivity index (χ2n) is 3.13. The van der Waals surface area contributed by atoms with Gasteiger partial charge in [0.15, 0.2) is 11.6 Å². The summed E-state index contributed by atoms with van der Waals surface area (Å²) in [6.07, 6.45) is 1.40. The van der Waals surface area contributed by atoms with Gasteiger partial charge >= 0.3 is 0 Å². The number of rotatable bonds is 2. The highest BCUT2D eigenvalue weighted by atomic mass is 19.2. The molecule has 0 aliphatic heterocycles. The number of hydrogen-bond donors (Lipinski definition) is 1. The first-order valence-corrected chi connectivity index (χ1v) is 4.64. The van der Waals surface area contributed by atoms with Gasteiger partial charge < -0.3 is 5.32 Å². The zero-order valence-electron chi connectivity index (χ0n) is 8.48. The number of hydrogen-bond acceptors (Lipinski definition) is 4. The molecule has 1 heterocycles. The van der Waals surface area contributed by atoms with Crippen molar-refractivity contribution in [3.05, 3.63) is 47.8 Å². The topological polar surface area (TPSA) is 61.6 Å². The van der Waals surface area contributed by atoms with Crippen LogP contribution in [0.2, 0.25) is 0 Å². The van der Waals surface area contributed by atoms with Crippen LogP contribution in [0.15, 0.2) is 30.5 Å². The molecule has 0 atom stereocenters. The Kier molecular flexibility index (Phi) is 2.92. The Hall–Kier alpha value is -2.55. The van der Waals surface area contributed by atoms with E-state index in [4.69, 9.17) is 5.26 Å². The molecule has 0 amide bonds. The third-order valence-corrected chi connectivity index (χ3v) is 1.95. The van der Waals surface area contributed by atoms with Crippen LogP contribution < -0.4 is 5.32 Å². The van der Waals surface area contributed by atoms with E-state index in [9.17, 15) is 8.78 Å². The number of anilines is 2. The fraction of sp³-hybridized carbons (Fsp3) is 0. The summed E-state index contributed by atoms with van der Waals surface area (Å²) in [5.74, 6) is -1.75. The van der Waals surface area contributed by atoms with Crippen LogP contribution in [-0.2, 0) is 0 Å². The van der Waals surface area contributed by atoms with E-state index >= 15 is 0 Å². The molecule has 0 aliphatic rings. The summed E-state index contributed by atoms with van der Waals surface area (Å²) in [6, 6.07) is 6.61. The minimum absolute atomic E-state index is 0.148. The summed E-state index contributed by atoms with van der Waals surface area (Å²) in [4.78, 5) is 7.68. The summed E-state index contributed by atoms with van der Waals surface area (Å²) in [5.41, 5.74) is 0.490. The summed E-state index contributed by atoms with van der Waals surface area (Å²) in [7, 11) is 0. The lowest BCUT2D eigenvalue weighted by molar-refractivity contribution is 0.509. The molecule has 84 valence electrons. The van der Waals surface area contributed by atoms with Crippen molar-refractivity contribution >= 4 is 11.6 Å². The highest BCUT2D eigenvalue weighted by Crippen LogP contribution is 2.16. The lowest BCUT2D eigenvalue weighted by atomic mass is 10.3. The number of halogens is 2. The summed E-state index contributed by atoms with van der Waals surface area (Å²) < 4.78 is 25.6. The van der Waals surface area contributed by atoms with Gasteiger partial charge in [-0.3, -0.25) is 0 Å². The molecule has 6 heteroatoms. The van der Waals surface area contributed by atoms with Crippen LogP contribution in [-0.4, -0.2) is 9.97 Å². The third kappa shape index (κ3) is 2.52. The minimum Gasteiger partial charge on any atom is -0.324 e. The highest BCUT2D eigenvalue weighted by Gasteiger charge is 2.04. The first-order chi connectivity index (χ1) is 8.19. The number of nitrogens with zero attached hydrogens (tertiary/aromatic N) is 3. The second kappa shape index (κ2) is 4.53. The van der Waals surface area contributed by atoms with Gasteiger partial charge in [0.1, 0.15) is 11.8 Å². The fourth-order valence-corrected chi connectivity index (χ4v) is 1.18. The SMILES string of the molecule is N#Cc1ccnc(Nc2ccc(F)c(F)c2)n1. The molecule has 0 spiro atoms. The van der Waals surface area contributed by atoms with Crippen molar-refractivity contribution in [3.63, 3.8) is 0 Å². The Morgan fingerprint density at radius 1 is 1.18 bits per heavy atom. The average molecular weight is 232 g/mol.